The van der Waals surface area contributed by atoms with E-state index in [1.807, 2.05) is 0 Å². The summed E-state index contributed by atoms with van der Waals surface area (Å²) in [5, 5.41) is 27.7. The third kappa shape index (κ3) is 3.37. The van der Waals surface area contributed by atoms with Gasteiger partial charge in [-0.3, -0.25) is 0 Å². The number of halogens is 1. The first-order valence-electron chi connectivity index (χ1n) is 6.82. The van der Waals surface area contributed by atoms with Crippen molar-refractivity contribution in [2.24, 2.45) is 0 Å². The van der Waals surface area contributed by atoms with Crippen molar-refractivity contribution in [3.05, 3.63) is 69.5 Å². The summed E-state index contributed by atoms with van der Waals surface area (Å²) in [5.41, 5.74) is 1.45. The van der Waals surface area contributed by atoms with Crippen LogP contribution in [0.3, 0.4) is 0 Å². The number of carbonyl (C=O) groups is 2. The number of aliphatic hydroxyl groups excluding tert-OH is 1. The molecule has 23 heavy (non-hydrogen) atoms. The van der Waals surface area contributed by atoms with Crippen molar-refractivity contribution in [3.63, 3.8) is 0 Å². The first kappa shape index (κ1) is 16.6. The fourth-order valence-corrected chi connectivity index (χ4v) is 2.44. The highest BCUT2D eigenvalue weighted by molar-refractivity contribution is 5.95. The minimum absolute atomic E-state index is 0.121. The Morgan fingerprint density at radius 2 is 1.70 bits per heavy atom. The lowest BCUT2D eigenvalue weighted by atomic mass is 9.93. The maximum absolute atomic E-state index is 13.6. The zero-order valence-corrected chi connectivity index (χ0v) is 12.3. The summed E-state index contributed by atoms with van der Waals surface area (Å²) in [6.45, 7) is 1.17. The molecule has 5 nitrogen and oxygen atoms in total. The Labute approximate surface area is 131 Å². The maximum Gasteiger partial charge on any atom is 0.336 e. The van der Waals surface area contributed by atoms with Crippen LogP contribution in [-0.4, -0.2) is 27.3 Å². The van der Waals surface area contributed by atoms with E-state index in [9.17, 15) is 24.2 Å². The van der Waals surface area contributed by atoms with Gasteiger partial charge in [0.2, 0.25) is 0 Å². The average molecular weight is 318 g/mol. The molecule has 0 aliphatic rings. The van der Waals surface area contributed by atoms with Crippen LogP contribution in [0.2, 0.25) is 0 Å². The summed E-state index contributed by atoms with van der Waals surface area (Å²) in [6.07, 6.45) is 0.151. The number of carboxylic acids is 2. The highest BCUT2D eigenvalue weighted by atomic mass is 19.1. The van der Waals surface area contributed by atoms with Crippen LogP contribution in [0.15, 0.2) is 30.3 Å². The predicted octanol–water partition coefficient (Wildman–Crippen LogP) is 2.61. The second kappa shape index (κ2) is 6.58. The summed E-state index contributed by atoms with van der Waals surface area (Å²) >= 11 is 0. The fraction of sp³-hybridized carbons (Fsp3) is 0.176. The standard InChI is InChI=1S/C17H15FO5/c1-9-14(8-19)11(4-5-15(9)18)6-10-2-3-12(16(20)21)7-13(10)17(22)23/h2-5,7,19H,6,8H2,1H3,(H,20,21)(H,22,23). The number of aliphatic hydroxyl groups is 1. The van der Waals surface area contributed by atoms with Crippen molar-refractivity contribution in [1.82, 2.24) is 0 Å². The van der Waals surface area contributed by atoms with Gasteiger partial charge in [-0.1, -0.05) is 12.1 Å². The largest absolute Gasteiger partial charge is 0.478 e. The van der Waals surface area contributed by atoms with Crippen molar-refractivity contribution >= 4 is 11.9 Å². The average Bonchev–Trinajstić information content (AvgIpc) is 2.51. The summed E-state index contributed by atoms with van der Waals surface area (Å²) in [6, 6.07) is 6.58. The topological polar surface area (TPSA) is 94.8 Å². The molecule has 0 fully saturated rings. The van der Waals surface area contributed by atoms with E-state index in [2.05, 4.69) is 0 Å². The third-order valence-electron chi connectivity index (χ3n) is 3.76. The summed E-state index contributed by atoms with van der Waals surface area (Å²) < 4.78 is 13.6. The van der Waals surface area contributed by atoms with E-state index in [0.29, 0.717) is 22.3 Å². The van der Waals surface area contributed by atoms with Crippen LogP contribution in [-0.2, 0) is 13.0 Å². The molecular formula is C17H15FO5. The molecule has 0 saturated carbocycles. The van der Waals surface area contributed by atoms with Gasteiger partial charge < -0.3 is 15.3 Å². The Hall–Kier alpha value is -2.73. The van der Waals surface area contributed by atoms with Crippen LogP contribution in [0.4, 0.5) is 4.39 Å². The van der Waals surface area contributed by atoms with Crippen LogP contribution in [0, 0.1) is 12.7 Å². The lowest BCUT2D eigenvalue weighted by molar-refractivity contribution is 0.0695. The van der Waals surface area contributed by atoms with Crippen molar-refractivity contribution < 1.29 is 29.3 Å². The van der Waals surface area contributed by atoms with Gasteiger partial charge in [-0.2, -0.15) is 0 Å². The Morgan fingerprint density at radius 1 is 1.04 bits per heavy atom. The number of hydrogen-bond acceptors (Lipinski definition) is 3. The Bertz CT molecular complexity index is 783. The molecule has 0 aromatic heterocycles. The number of aromatic carboxylic acids is 2. The summed E-state index contributed by atoms with van der Waals surface area (Å²) in [7, 11) is 0. The molecule has 3 N–H and O–H groups in total. The monoisotopic (exact) mass is 318 g/mol. The highest BCUT2D eigenvalue weighted by Gasteiger charge is 2.16. The van der Waals surface area contributed by atoms with Gasteiger partial charge in [-0.25, -0.2) is 14.0 Å². The Balaban J connectivity index is 2.50. The van der Waals surface area contributed by atoms with Crippen LogP contribution >= 0.6 is 0 Å². The lowest BCUT2D eigenvalue weighted by Gasteiger charge is -2.13. The van der Waals surface area contributed by atoms with E-state index in [4.69, 9.17) is 5.11 Å². The molecule has 2 aromatic carbocycles. The van der Waals surface area contributed by atoms with Gasteiger partial charge in [0, 0.05) is 0 Å². The molecular weight excluding hydrogens is 303 g/mol. The number of carboxylic acid groups (broad SMARTS) is 2. The van der Waals surface area contributed by atoms with Crippen molar-refractivity contribution in [2.45, 2.75) is 20.0 Å². The van der Waals surface area contributed by atoms with Crippen LogP contribution in [0.5, 0.6) is 0 Å². The molecule has 2 rings (SSSR count). The van der Waals surface area contributed by atoms with E-state index >= 15 is 0 Å². The molecule has 6 heteroatoms. The third-order valence-corrected chi connectivity index (χ3v) is 3.76. The van der Waals surface area contributed by atoms with Gasteiger partial charge in [0.15, 0.2) is 0 Å². The molecule has 0 bridgehead atoms. The smallest absolute Gasteiger partial charge is 0.336 e. The van der Waals surface area contributed by atoms with Gasteiger partial charge in [-0.15, -0.1) is 0 Å². The van der Waals surface area contributed by atoms with Gasteiger partial charge in [0.25, 0.3) is 0 Å². The minimum Gasteiger partial charge on any atom is -0.478 e. The molecule has 0 saturated heterocycles. The normalized spacial score (nSPS) is 10.6. The molecule has 2 aromatic rings. The predicted molar refractivity (Wildman–Crippen MR) is 80.2 cm³/mol. The zero-order valence-electron chi connectivity index (χ0n) is 12.3. The fourth-order valence-electron chi connectivity index (χ4n) is 2.44. The second-order valence-corrected chi connectivity index (χ2v) is 5.13. The molecule has 120 valence electrons. The van der Waals surface area contributed by atoms with E-state index in [0.717, 1.165) is 6.07 Å². The zero-order chi connectivity index (χ0) is 17.1. The number of rotatable bonds is 5. The van der Waals surface area contributed by atoms with E-state index in [-0.39, 0.29) is 24.2 Å². The molecule has 0 heterocycles. The Kier molecular flexibility index (Phi) is 4.76. The first-order valence-corrected chi connectivity index (χ1v) is 6.82. The Morgan fingerprint density at radius 3 is 2.26 bits per heavy atom. The second-order valence-electron chi connectivity index (χ2n) is 5.13. The first-order chi connectivity index (χ1) is 10.8. The van der Waals surface area contributed by atoms with Gasteiger partial charge in [0.05, 0.1) is 17.7 Å². The van der Waals surface area contributed by atoms with E-state index in [1.165, 1.54) is 31.2 Å². The van der Waals surface area contributed by atoms with Crippen molar-refractivity contribution in [1.29, 1.82) is 0 Å². The van der Waals surface area contributed by atoms with Gasteiger partial charge in [-0.05, 0) is 53.8 Å². The van der Waals surface area contributed by atoms with Crippen molar-refractivity contribution in [3.8, 4) is 0 Å². The summed E-state index contributed by atoms with van der Waals surface area (Å²) in [4.78, 5) is 22.3. The number of benzene rings is 2. The van der Waals surface area contributed by atoms with Gasteiger partial charge >= 0.3 is 11.9 Å². The van der Waals surface area contributed by atoms with Crippen molar-refractivity contribution in [2.75, 3.05) is 0 Å². The molecule has 0 aliphatic carbocycles. The van der Waals surface area contributed by atoms with Crippen LogP contribution in [0.1, 0.15) is 43.0 Å². The van der Waals surface area contributed by atoms with E-state index in [1.54, 1.807) is 0 Å². The van der Waals surface area contributed by atoms with E-state index < -0.39 is 17.8 Å². The van der Waals surface area contributed by atoms with Crippen LogP contribution < -0.4 is 0 Å². The molecule has 0 unspecified atom stereocenters. The molecule has 0 atom stereocenters. The van der Waals surface area contributed by atoms with Crippen LogP contribution in [0.25, 0.3) is 0 Å². The molecule has 0 aliphatic heterocycles. The SMILES string of the molecule is Cc1c(F)ccc(Cc2ccc(C(=O)O)cc2C(=O)O)c1CO. The minimum atomic E-state index is -1.24. The number of hydrogen-bond donors (Lipinski definition) is 3. The molecule has 0 spiro atoms. The lowest BCUT2D eigenvalue weighted by Crippen LogP contribution is -2.08. The highest BCUT2D eigenvalue weighted by Crippen LogP contribution is 2.23. The maximum atomic E-state index is 13.6. The van der Waals surface area contributed by atoms with Gasteiger partial charge in [0.1, 0.15) is 5.82 Å². The quantitative estimate of drug-likeness (QED) is 0.787. The summed E-state index contributed by atoms with van der Waals surface area (Å²) in [5.74, 6) is -2.90. The molecule has 0 radical (unpaired) electrons. The molecule has 0 amide bonds.